The van der Waals surface area contributed by atoms with E-state index < -0.39 is 5.97 Å². The molecule has 0 aliphatic rings. The van der Waals surface area contributed by atoms with E-state index in [-0.39, 0.29) is 6.61 Å². The number of hydrogen-bond donors (Lipinski definition) is 1. The van der Waals surface area contributed by atoms with Crippen LogP contribution in [-0.2, 0) is 14.3 Å². The highest BCUT2D eigenvalue weighted by Gasteiger charge is 2.27. The maximum Gasteiger partial charge on any atom is 0.307 e. The first-order valence-electron chi connectivity index (χ1n) is 3.76. The highest BCUT2D eigenvalue weighted by atomic mass is 16.8. The van der Waals surface area contributed by atoms with Crippen molar-refractivity contribution in [1.82, 2.24) is 5.06 Å². The zero-order valence-electron chi connectivity index (χ0n) is 8.03. The number of rotatable bonds is 6. The van der Waals surface area contributed by atoms with Gasteiger partial charge in [-0.3, -0.25) is 4.84 Å². The second-order valence-corrected chi connectivity index (χ2v) is 2.44. The van der Waals surface area contributed by atoms with Crippen LogP contribution in [0.3, 0.4) is 0 Å². The Hall–Kier alpha value is -0.200. The molecule has 0 aromatic carbocycles. The Morgan fingerprint density at radius 3 is 2.33 bits per heavy atom. The molecule has 0 saturated carbocycles. The number of hydrogen-bond acceptors (Lipinski definition) is 5. The molecule has 1 N–H and O–H groups in total. The Morgan fingerprint density at radius 1 is 1.42 bits per heavy atom. The van der Waals surface area contributed by atoms with E-state index in [9.17, 15) is 5.11 Å². The minimum Gasteiger partial charge on any atom is -0.341 e. The van der Waals surface area contributed by atoms with E-state index in [0.29, 0.717) is 6.61 Å². The van der Waals surface area contributed by atoms with E-state index in [4.69, 9.17) is 14.3 Å². The summed E-state index contributed by atoms with van der Waals surface area (Å²) in [5, 5.41) is 10.9. The SMILES string of the molecule is CCOC(O)(CON(C)C)OC. The molecule has 12 heavy (non-hydrogen) atoms. The van der Waals surface area contributed by atoms with E-state index >= 15 is 0 Å². The van der Waals surface area contributed by atoms with Crippen molar-refractivity contribution in [2.24, 2.45) is 0 Å². The van der Waals surface area contributed by atoms with Gasteiger partial charge in [0.1, 0.15) is 6.61 Å². The fourth-order valence-corrected chi connectivity index (χ4v) is 0.596. The maximum atomic E-state index is 9.47. The lowest BCUT2D eigenvalue weighted by molar-refractivity contribution is -0.382. The molecule has 1 atom stereocenters. The molecule has 0 fully saturated rings. The highest BCUT2D eigenvalue weighted by Crippen LogP contribution is 2.08. The normalized spacial score (nSPS) is 16.5. The summed E-state index contributed by atoms with van der Waals surface area (Å²) >= 11 is 0. The van der Waals surface area contributed by atoms with Crippen molar-refractivity contribution < 1.29 is 19.4 Å². The number of nitrogens with zero attached hydrogens (tertiary/aromatic N) is 1. The van der Waals surface area contributed by atoms with E-state index in [2.05, 4.69) is 0 Å². The van der Waals surface area contributed by atoms with Crippen molar-refractivity contribution >= 4 is 0 Å². The Morgan fingerprint density at radius 2 is 2.00 bits per heavy atom. The van der Waals surface area contributed by atoms with Gasteiger partial charge in [0.25, 0.3) is 0 Å². The molecule has 0 aliphatic carbocycles. The zero-order chi connectivity index (χ0) is 9.61. The summed E-state index contributed by atoms with van der Waals surface area (Å²) in [5.41, 5.74) is 0. The van der Waals surface area contributed by atoms with Gasteiger partial charge in [0.2, 0.25) is 0 Å². The molecule has 5 heteroatoms. The molecule has 5 nitrogen and oxygen atoms in total. The van der Waals surface area contributed by atoms with Crippen molar-refractivity contribution in [2.75, 3.05) is 34.4 Å². The Balaban J connectivity index is 3.78. The van der Waals surface area contributed by atoms with E-state index in [1.54, 1.807) is 21.0 Å². The third-order valence-electron chi connectivity index (χ3n) is 1.19. The van der Waals surface area contributed by atoms with Crippen LogP contribution in [0.15, 0.2) is 0 Å². The molecule has 0 amide bonds. The fraction of sp³-hybridized carbons (Fsp3) is 1.00. The van der Waals surface area contributed by atoms with Crippen LogP contribution in [0.25, 0.3) is 0 Å². The summed E-state index contributed by atoms with van der Waals surface area (Å²) < 4.78 is 9.62. The second kappa shape index (κ2) is 5.45. The van der Waals surface area contributed by atoms with Gasteiger partial charge in [-0.1, -0.05) is 0 Å². The van der Waals surface area contributed by atoms with Crippen LogP contribution in [0.5, 0.6) is 0 Å². The molecule has 0 aliphatic heterocycles. The van der Waals surface area contributed by atoms with E-state index in [1.165, 1.54) is 12.2 Å². The summed E-state index contributed by atoms with van der Waals surface area (Å²) in [7, 11) is 4.78. The van der Waals surface area contributed by atoms with Gasteiger partial charge in [-0.25, -0.2) is 0 Å². The molecule has 0 rings (SSSR count). The topological polar surface area (TPSA) is 51.2 Å². The lowest BCUT2D eigenvalue weighted by atomic mass is 10.6. The van der Waals surface area contributed by atoms with Crippen molar-refractivity contribution in [3.8, 4) is 0 Å². The summed E-state index contributed by atoms with van der Waals surface area (Å²) in [6, 6.07) is 0. The largest absolute Gasteiger partial charge is 0.341 e. The number of methoxy groups -OCH3 is 1. The predicted octanol–water partition coefficient (Wildman–Crippen LogP) is -0.191. The predicted molar refractivity (Wildman–Crippen MR) is 43.2 cm³/mol. The molecule has 0 heterocycles. The quantitative estimate of drug-likeness (QED) is 0.452. The molecule has 1 unspecified atom stereocenters. The minimum atomic E-state index is -1.64. The molecular weight excluding hydrogens is 162 g/mol. The number of ether oxygens (including phenoxy) is 2. The first-order valence-corrected chi connectivity index (χ1v) is 3.76. The summed E-state index contributed by atoms with van der Waals surface area (Å²) in [5.74, 6) is -1.64. The summed E-state index contributed by atoms with van der Waals surface area (Å²) in [6.07, 6.45) is 0. The lowest BCUT2D eigenvalue weighted by Gasteiger charge is -2.26. The standard InChI is InChI=1S/C7H17NO4/c1-5-11-7(9,10-4)6-12-8(2)3/h9H,5-6H2,1-4H3. The molecule has 0 aromatic heterocycles. The van der Waals surface area contributed by atoms with Gasteiger partial charge in [-0.2, -0.15) is 5.06 Å². The number of aliphatic hydroxyl groups is 1. The van der Waals surface area contributed by atoms with Crippen LogP contribution in [-0.4, -0.2) is 50.6 Å². The monoisotopic (exact) mass is 179 g/mol. The number of hydroxylamine groups is 2. The van der Waals surface area contributed by atoms with Crippen LogP contribution < -0.4 is 0 Å². The van der Waals surface area contributed by atoms with Gasteiger partial charge < -0.3 is 14.6 Å². The Kier molecular flexibility index (Phi) is 5.36. The van der Waals surface area contributed by atoms with Crippen LogP contribution >= 0.6 is 0 Å². The molecular formula is C7H17NO4. The first-order chi connectivity index (χ1) is 5.54. The lowest BCUT2D eigenvalue weighted by Crippen LogP contribution is -2.41. The van der Waals surface area contributed by atoms with Crippen molar-refractivity contribution in [1.29, 1.82) is 0 Å². The Bertz CT molecular complexity index is 120. The maximum absolute atomic E-state index is 9.47. The fourth-order valence-electron chi connectivity index (χ4n) is 0.596. The summed E-state index contributed by atoms with van der Waals surface area (Å²) in [4.78, 5) is 4.98. The molecule has 0 saturated heterocycles. The van der Waals surface area contributed by atoms with Crippen LogP contribution in [0, 0.1) is 0 Å². The molecule has 0 spiro atoms. The molecule has 0 bridgehead atoms. The average molecular weight is 179 g/mol. The average Bonchev–Trinajstić information content (AvgIpc) is 2.02. The molecule has 0 radical (unpaired) electrons. The van der Waals surface area contributed by atoms with Crippen molar-refractivity contribution in [3.63, 3.8) is 0 Å². The van der Waals surface area contributed by atoms with Gasteiger partial charge in [0, 0.05) is 27.8 Å². The van der Waals surface area contributed by atoms with Crippen molar-refractivity contribution in [3.05, 3.63) is 0 Å². The minimum absolute atomic E-state index is 0.0513. The molecule has 74 valence electrons. The smallest absolute Gasteiger partial charge is 0.307 e. The van der Waals surface area contributed by atoms with E-state index in [1.807, 2.05) is 0 Å². The summed E-state index contributed by atoms with van der Waals surface area (Å²) in [6.45, 7) is 2.07. The van der Waals surface area contributed by atoms with Crippen molar-refractivity contribution in [2.45, 2.75) is 12.9 Å². The van der Waals surface area contributed by atoms with Crippen LogP contribution in [0.2, 0.25) is 0 Å². The third-order valence-corrected chi connectivity index (χ3v) is 1.19. The third kappa shape index (κ3) is 4.63. The van der Waals surface area contributed by atoms with Gasteiger partial charge in [-0.05, 0) is 6.92 Å². The molecule has 0 aromatic rings. The van der Waals surface area contributed by atoms with Gasteiger partial charge in [0.05, 0.1) is 0 Å². The highest BCUT2D eigenvalue weighted by molar-refractivity contribution is 4.49. The van der Waals surface area contributed by atoms with Gasteiger partial charge in [-0.15, -0.1) is 0 Å². The first kappa shape index (κ1) is 11.8. The second-order valence-electron chi connectivity index (χ2n) is 2.44. The van der Waals surface area contributed by atoms with Gasteiger partial charge >= 0.3 is 5.97 Å². The van der Waals surface area contributed by atoms with Crippen LogP contribution in [0.4, 0.5) is 0 Å². The van der Waals surface area contributed by atoms with E-state index in [0.717, 1.165) is 0 Å². The zero-order valence-corrected chi connectivity index (χ0v) is 8.03. The van der Waals surface area contributed by atoms with Crippen LogP contribution in [0.1, 0.15) is 6.92 Å². The Labute approximate surface area is 72.8 Å². The van der Waals surface area contributed by atoms with Gasteiger partial charge in [0.15, 0.2) is 0 Å².